The normalized spacial score (nSPS) is 10.6. The highest BCUT2D eigenvalue weighted by molar-refractivity contribution is 6.35. The van der Waals surface area contributed by atoms with Gasteiger partial charge < -0.3 is 4.74 Å². The van der Waals surface area contributed by atoms with Crippen molar-refractivity contribution in [2.75, 3.05) is 6.61 Å². The Hall–Kier alpha value is -2.64. The Morgan fingerprint density at radius 3 is 2.58 bits per heavy atom. The molecule has 7 nitrogen and oxygen atoms in total. The molecular weight excluding hydrogens is 357 g/mol. The average molecular weight is 368 g/mol. The number of amides is 1. The second-order valence-corrected chi connectivity index (χ2v) is 5.35. The van der Waals surface area contributed by atoms with Crippen molar-refractivity contribution in [2.45, 2.75) is 0 Å². The highest BCUT2D eigenvalue weighted by Crippen LogP contribution is 2.27. The smallest absolute Gasteiger partial charge is 0.277 e. The molecule has 24 heavy (non-hydrogen) atoms. The zero-order valence-electron chi connectivity index (χ0n) is 12.1. The lowest BCUT2D eigenvalue weighted by Crippen LogP contribution is -2.24. The van der Waals surface area contributed by atoms with Crippen LogP contribution in [0.25, 0.3) is 0 Å². The lowest BCUT2D eigenvalue weighted by molar-refractivity contribution is -0.384. The van der Waals surface area contributed by atoms with Gasteiger partial charge in [0, 0.05) is 17.2 Å². The number of nitro benzene ring substituents is 1. The Kier molecular flexibility index (Phi) is 6.11. The fourth-order valence-electron chi connectivity index (χ4n) is 1.63. The Morgan fingerprint density at radius 1 is 1.25 bits per heavy atom. The minimum atomic E-state index is -0.498. The molecule has 1 N–H and O–H groups in total. The summed E-state index contributed by atoms with van der Waals surface area (Å²) in [5.74, 6) is -0.158. The summed E-state index contributed by atoms with van der Waals surface area (Å²) in [6.07, 6.45) is 1.36. The van der Waals surface area contributed by atoms with Crippen molar-refractivity contribution in [1.82, 2.24) is 5.43 Å². The quantitative estimate of drug-likeness (QED) is 0.480. The first-order valence-corrected chi connectivity index (χ1v) is 7.35. The molecule has 2 aromatic carbocycles. The Balaban J connectivity index is 1.83. The summed E-state index contributed by atoms with van der Waals surface area (Å²) in [6.45, 7) is -0.279. The number of nitrogens with one attached hydrogen (secondary N) is 1. The molecule has 1 amide bonds. The number of carbonyl (C=O) groups is 1. The molecule has 2 rings (SSSR count). The molecule has 0 fully saturated rings. The average Bonchev–Trinajstić information content (AvgIpc) is 2.54. The van der Waals surface area contributed by atoms with Crippen LogP contribution in [0.4, 0.5) is 5.69 Å². The number of ether oxygens (including phenoxy) is 1. The molecule has 0 heterocycles. The van der Waals surface area contributed by atoms with Crippen LogP contribution in [0.1, 0.15) is 5.56 Å². The molecule has 0 radical (unpaired) electrons. The second-order valence-electron chi connectivity index (χ2n) is 4.51. The first-order valence-electron chi connectivity index (χ1n) is 6.60. The monoisotopic (exact) mass is 367 g/mol. The van der Waals surface area contributed by atoms with E-state index in [-0.39, 0.29) is 12.3 Å². The number of hydrogen-bond donors (Lipinski definition) is 1. The highest BCUT2D eigenvalue weighted by Gasteiger charge is 2.06. The molecule has 0 atom stereocenters. The fraction of sp³-hybridized carbons (Fsp3) is 0.0667. The summed E-state index contributed by atoms with van der Waals surface area (Å²) in [6, 6.07) is 10.4. The number of benzene rings is 2. The van der Waals surface area contributed by atoms with Gasteiger partial charge in [0.25, 0.3) is 11.6 Å². The van der Waals surface area contributed by atoms with E-state index in [0.29, 0.717) is 21.4 Å². The van der Waals surface area contributed by atoms with E-state index in [2.05, 4.69) is 10.5 Å². The van der Waals surface area contributed by atoms with Gasteiger partial charge in [0.05, 0.1) is 16.2 Å². The molecule has 2 aromatic rings. The van der Waals surface area contributed by atoms with Crippen molar-refractivity contribution in [3.8, 4) is 5.75 Å². The number of halogens is 2. The summed E-state index contributed by atoms with van der Waals surface area (Å²) in [5, 5.41) is 15.0. The van der Waals surface area contributed by atoms with Crippen LogP contribution in [0.15, 0.2) is 47.6 Å². The number of carbonyl (C=O) groups excluding carboxylic acids is 1. The highest BCUT2D eigenvalue weighted by atomic mass is 35.5. The second kappa shape index (κ2) is 8.28. The largest absolute Gasteiger partial charge is 0.482 e. The summed E-state index contributed by atoms with van der Waals surface area (Å²) in [5.41, 5.74) is 2.85. The zero-order valence-corrected chi connectivity index (χ0v) is 13.6. The molecule has 0 saturated heterocycles. The molecular formula is C15H11Cl2N3O4. The number of nitrogens with zero attached hydrogens (tertiary/aromatic N) is 2. The molecule has 124 valence electrons. The summed E-state index contributed by atoms with van der Waals surface area (Å²) in [7, 11) is 0. The topological polar surface area (TPSA) is 93.8 Å². The van der Waals surface area contributed by atoms with Crippen LogP contribution in [0.2, 0.25) is 10.0 Å². The maximum atomic E-state index is 11.6. The number of rotatable bonds is 6. The van der Waals surface area contributed by atoms with Crippen molar-refractivity contribution in [2.24, 2.45) is 5.10 Å². The van der Waals surface area contributed by atoms with Crippen molar-refractivity contribution in [3.05, 3.63) is 68.2 Å². The third-order valence-corrected chi connectivity index (χ3v) is 3.29. The third kappa shape index (κ3) is 5.22. The molecule has 0 bridgehead atoms. The summed E-state index contributed by atoms with van der Waals surface area (Å²) in [4.78, 5) is 21.7. The van der Waals surface area contributed by atoms with E-state index >= 15 is 0 Å². The predicted octanol–water partition coefficient (Wildman–Crippen LogP) is 3.43. The van der Waals surface area contributed by atoms with E-state index in [1.54, 1.807) is 12.1 Å². The van der Waals surface area contributed by atoms with Gasteiger partial charge in [0.1, 0.15) is 5.75 Å². The first-order chi connectivity index (χ1) is 11.5. The molecule has 0 unspecified atom stereocenters. The number of non-ortho nitro benzene ring substituents is 1. The van der Waals surface area contributed by atoms with E-state index in [4.69, 9.17) is 27.9 Å². The molecule has 9 heteroatoms. The van der Waals surface area contributed by atoms with Gasteiger partial charge in [-0.25, -0.2) is 5.43 Å². The van der Waals surface area contributed by atoms with Crippen molar-refractivity contribution in [1.29, 1.82) is 0 Å². The Morgan fingerprint density at radius 2 is 1.96 bits per heavy atom. The van der Waals surface area contributed by atoms with Gasteiger partial charge in [0.2, 0.25) is 0 Å². The van der Waals surface area contributed by atoms with E-state index in [1.165, 1.54) is 36.5 Å². The molecule has 0 spiro atoms. The van der Waals surface area contributed by atoms with Crippen molar-refractivity contribution in [3.63, 3.8) is 0 Å². The fourth-order valence-corrected chi connectivity index (χ4v) is 2.09. The molecule has 0 aliphatic heterocycles. The molecule has 0 saturated carbocycles. The third-order valence-electron chi connectivity index (χ3n) is 2.76. The zero-order chi connectivity index (χ0) is 17.5. The minimum absolute atomic E-state index is 0.0237. The van der Waals surface area contributed by atoms with Crippen LogP contribution in [0.3, 0.4) is 0 Å². The van der Waals surface area contributed by atoms with Crippen LogP contribution < -0.4 is 10.2 Å². The van der Waals surface area contributed by atoms with Crippen molar-refractivity contribution < 1.29 is 14.5 Å². The van der Waals surface area contributed by atoms with E-state index in [9.17, 15) is 14.9 Å². The van der Waals surface area contributed by atoms with Crippen LogP contribution >= 0.6 is 23.2 Å². The molecule has 0 aliphatic rings. The van der Waals surface area contributed by atoms with Gasteiger partial charge in [-0.2, -0.15) is 5.10 Å². The lowest BCUT2D eigenvalue weighted by Gasteiger charge is -2.06. The Labute approximate surface area is 147 Å². The number of hydrogen-bond acceptors (Lipinski definition) is 5. The van der Waals surface area contributed by atoms with Gasteiger partial charge in [-0.15, -0.1) is 0 Å². The van der Waals surface area contributed by atoms with Crippen molar-refractivity contribution >= 4 is 41.0 Å². The van der Waals surface area contributed by atoms with E-state index < -0.39 is 10.8 Å². The van der Waals surface area contributed by atoms with Crippen LogP contribution in [0, 0.1) is 10.1 Å². The predicted molar refractivity (Wildman–Crippen MR) is 90.8 cm³/mol. The van der Waals surface area contributed by atoms with Gasteiger partial charge >= 0.3 is 0 Å². The number of nitro groups is 1. The van der Waals surface area contributed by atoms with Crippen LogP contribution in [-0.2, 0) is 4.79 Å². The molecule has 0 aromatic heterocycles. The molecule has 0 aliphatic carbocycles. The van der Waals surface area contributed by atoms with Gasteiger partial charge in [-0.05, 0) is 35.9 Å². The lowest BCUT2D eigenvalue weighted by atomic mass is 10.2. The van der Waals surface area contributed by atoms with Gasteiger partial charge in [0.15, 0.2) is 6.61 Å². The Bertz CT molecular complexity index is 779. The van der Waals surface area contributed by atoms with Crippen LogP contribution in [0.5, 0.6) is 5.75 Å². The minimum Gasteiger partial charge on any atom is -0.482 e. The summed E-state index contributed by atoms with van der Waals surface area (Å²) >= 11 is 11.7. The SMILES string of the molecule is O=C(COc1ccc(Cl)cc1Cl)N/N=C/c1ccc([N+](=O)[O-])cc1. The standard InChI is InChI=1S/C15H11Cl2N3O4/c16-11-3-6-14(13(17)7-11)24-9-15(21)19-18-8-10-1-4-12(5-2-10)20(22)23/h1-8H,9H2,(H,19,21)/b18-8+. The summed E-state index contributed by atoms with van der Waals surface area (Å²) < 4.78 is 5.25. The first kappa shape index (κ1) is 17.7. The van der Waals surface area contributed by atoms with Crippen LogP contribution in [-0.4, -0.2) is 23.7 Å². The maximum absolute atomic E-state index is 11.6. The number of hydrazone groups is 1. The maximum Gasteiger partial charge on any atom is 0.277 e. The van der Waals surface area contributed by atoms with Gasteiger partial charge in [-0.1, -0.05) is 23.2 Å². The van der Waals surface area contributed by atoms with E-state index in [1.807, 2.05) is 0 Å². The van der Waals surface area contributed by atoms with Gasteiger partial charge in [-0.3, -0.25) is 14.9 Å². The van der Waals surface area contributed by atoms with E-state index in [0.717, 1.165) is 0 Å².